The molecule has 108 valence electrons. The van der Waals surface area contributed by atoms with E-state index >= 15 is 0 Å². The van der Waals surface area contributed by atoms with Crippen LogP contribution in [0.25, 0.3) is 21.8 Å². The number of nitrogens with zero attached hydrogens (tertiary/aromatic N) is 1. The summed E-state index contributed by atoms with van der Waals surface area (Å²) in [6.07, 6.45) is 0. The number of aromatic amines is 2. The third kappa shape index (κ3) is 2.07. The summed E-state index contributed by atoms with van der Waals surface area (Å²) in [5, 5.41) is 11.6. The van der Waals surface area contributed by atoms with Crippen LogP contribution in [0, 0.1) is 0 Å². The molecule has 7 nitrogen and oxygen atoms in total. The van der Waals surface area contributed by atoms with E-state index in [4.69, 9.17) is 16.7 Å². The lowest BCUT2D eigenvalue weighted by Crippen LogP contribution is -2.34. The Labute approximate surface area is 121 Å². The maximum absolute atomic E-state index is 12.4. The summed E-state index contributed by atoms with van der Waals surface area (Å²) in [5.41, 5.74) is -1.54. The van der Waals surface area contributed by atoms with E-state index in [9.17, 15) is 14.4 Å². The van der Waals surface area contributed by atoms with E-state index in [2.05, 4.69) is 10.1 Å². The molecule has 0 fully saturated rings. The summed E-state index contributed by atoms with van der Waals surface area (Å²) in [6, 6.07) is 4.54. The number of rotatable bonds is 2. The Morgan fingerprint density at radius 3 is 2.71 bits per heavy atom. The minimum absolute atomic E-state index is 0.0951. The molecule has 0 amide bonds. The molecular formula is C13H10ClN3O4. The number of hydrogen-bond donors (Lipinski definition) is 3. The summed E-state index contributed by atoms with van der Waals surface area (Å²) in [7, 11) is 0. The van der Waals surface area contributed by atoms with Crippen molar-refractivity contribution in [3.8, 4) is 0 Å². The van der Waals surface area contributed by atoms with Crippen LogP contribution in [0.5, 0.6) is 0 Å². The van der Waals surface area contributed by atoms with Gasteiger partial charge in [-0.2, -0.15) is 0 Å². The highest BCUT2D eigenvalue weighted by atomic mass is 35.5. The van der Waals surface area contributed by atoms with Crippen LogP contribution in [0.4, 0.5) is 0 Å². The van der Waals surface area contributed by atoms with Crippen LogP contribution >= 0.6 is 11.6 Å². The van der Waals surface area contributed by atoms with Crippen molar-refractivity contribution in [1.29, 1.82) is 0 Å². The Morgan fingerprint density at radius 2 is 2.00 bits per heavy atom. The average molecular weight is 308 g/mol. The van der Waals surface area contributed by atoms with Crippen molar-refractivity contribution in [2.45, 2.75) is 6.54 Å². The zero-order valence-electron chi connectivity index (χ0n) is 10.6. The van der Waals surface area contributed by atoms with Crippen molar-refractivity contribution in [3.63, 3.8) is 0 Å². The molecule has 21 heavy (non-hydrogen) atoms. The van der Waals surface area contributed by atoms with Gasteiger partial charge >= 0.3 is 0 Å². The van der Waals surface area contributed by atoms with Crippen molar-refractivity contribution in [2.75, 3.05) is 6.61 Å². The Kier molecular flexibility index (Phi) is 3.15. The highest BCUT2D eigenvalue weighted by Crippen LogP contribution is 2.16. The first kappa shape index (κ1) is 13.6. The van der Waals surface area contributed by atoms with E-state index in [0.29, 0.717) is 10.5 Å². The predicted molar refractivity (Wildman–Crippen MR) is 79.1 cm³/mol. The lowest BCUT2D eigenvalue weighted by atomic mass is 10.1. The molecule has 0 bridgehead atoms. The normalized spacial score (nSPS) is 11.3. The topological polar surface area (TPSA) is 108 Å². The molecular weight excluding hydrogens is 298 g/mol. The van der Waals surface area contributed by atoms with Gasteiger partial charge in [0.05, 0.1) is 18.7 Å². The van der Waals surface area contributed by atoms with Crippen LogP contribution in [-0.4, -0.2) is 26.5 Å². The lowest BCUT2D eigenvalue weighted by molar-refractivity contribution is 0.266. The standard InChI is InChI=1S/C13H10ClN3O4/c14-6-1-2-7-8(5-6)15-10-9(11(7)19)13(21)17(3-4-18)16-12(10)20/h1-2,5,18H,3-4H2,(H,15,19)(H,16,20). The van der Waals surface area contributed by atoms with Gasteiger partial charge in [-0.3, -0.25) is 19.5 Å². The van der Waals surface area contributed by atoms with Gasteiger partial charge in [0.1, 0.15) is 10.9 Å². The van der Waals surface area contributed by atoms with Crippen LogP contribution in [0.2, 0.25) is 5.02 Å². The Morgan fingerprint density at radius 1 is 1.24 bits per heavy atom. The molecule has 0 saturated heterocycles. The van der Waals surface area contributed by atoms with Gasteiger partial charge < -0.3 is 10.1 Å². The molecule has 0 aliphatic rings. The van der Waals surface area contributed by atoms with Gasteiger partial charge in [0.25, 0.3) is 11.1 Å². The van der Waals surface area contributed by atoms with Gasteiger partial charge in [0.15, 0.2) is 0 Å². The number of H-pyrrole nitrogens is 2. The number of fused-ring (bicyclic) bond motifs is 2. The van der Waals surface area contributed by atoms with Crippen molar-refractivity contribution in [1.82, 2.24) is 14.8 Å². The van der Waals surface area contributed by atoms with E-state index in [1.54, 1.807) is 0 Å². The first-order valence-electron chi connectivity index (χ1n) is 6.12. The number of aliphatic hydroxyl groups excluding tert-OH is 1. The third-order valence-electron chi connectivity index (χ3n) is 3.21. The first-order chi connectivity index (χ1) is 10.0. The zero-order valence-corrected chi connectivity index (χ0v) is 11.4. The van der Waals surface area contributed by atoms with Gasteiger partial charge in [0, 0.05) is 10.4 Å². The highest BCUT2D eigenvalue weighted by molar-refractivity contribution is 6.31. The second-order valence-electron chi connectivity index (χ2n) is 4.52. The maximum Gasteiger partial charge on any atom is 0.287 e. The predicted octanol–water partition coefficient (Wildman–Crippen LogP) is 0.177. The van der Waals surface area contributed by atoms with Crippen LogP contribution in [-0.2, 0) is 6.54 Å². The smallest absolute Gasteiger partial charge is 0.287 e. The summed E-state index contributed by atoms with van der Waals surface area (Å²) in [6.45, 7) is -0.426. The van der Waals surface area contributed by atoms with Crippen molar-refractivity contribution in [3.05, 3.63) is 54.2 Å². The van der Waals surface area contributed by atoms with Crippen molar-refractivity contribution in [2.24, 2.45) is 0 Å². The number of aliphatic hydroxyl groups is 1. The summed E-state index contributed by atoms with van der Waals surface area (Å²) < 4.78 is 0.918. The van der Waals surface area contributed by atoms with E-state index < -0.39 is 16.5 Å². The van der Waals surface area contributed by atoms with E-state index in [1.165, 1.54) is 18.2 Å². The fraction of sp³-hybridized carbons (Fsp3) is 0.154. The number of benzene rings is 1. The van der Waals surface area contributed by atoms with Crippen LogP contribution in [0.1, 0.15) is 0 Å². The molecule has 2 aromatic heterocycles. The Hall–Kier alpha value is -2.38. The van der Waals surface area contributed by atoms with Crippen LogP contribution in [0.3, 0.4) is 0 Å². The summed E-state index contributed by atoms with van der Waals surface area (Å²) in [5.74, 6) is 0. The van der Waals surface area contributed by atoms with Crippen molar-refractivity contribution < 1.29 is 5.11 Å². The fourth-order valence-electron chi connectivity index (χ4n) is 2.26. The van der Waals surface area contributed by atoms with E-state index in [-0.39, 0.29) is 29.4 Å². The molecule has 0 radical (unpaired) electrons. The molecule has 0 unspecified atom stereocenters. The fourth-order valence-corrected chi connectivity index (χ4v) is 2.43. The minimum Gasteiger partial charge on any atom is -0.394 e. The first-order valence-corrected chi connectivity index (χ1v) is 6.50. The molecule has 0 aliphatic heterocycles. The molecule has 0 spiro atoms. The SMILES string of the molecule is O=c1[nH]n(CCO)c(=O)c2c(=O)c3ccc(Cl)cc3[nH]c12. The molecule has 3 aromatic rings. The molecule has 1 aromatic carbocycles. The molecule has 8 heteroatoms. The molecule has 0 saturated carbocycles. The summed E-state index contributed by atoms with van der Waals surface area (Å²) >= 11 is 5.86. The molecule has 0 aliphatic carbocycles. The minimum atomic E-state index is -0.656. The quantitative estimate of drug-likeness (QED) is 0.587. The van der Waals surface area contributed by atoms with Crippen molar-refractivity contribution >= 4 is 33.4 Å². The average Bonchev–Trinajstić information content (AvgIpc) is 2.44. The zero-order chi connectivity index (χ0) is 15.1. The number of nitrogens with one attached hydrogen (secondary N) is 2. The second-order valence-corrected chi connectivity index (χ2v) is 4.95. The monoisotopic (exact) mass is 307 g/mol. The van der Waals surface area contributed by atoms with Gasteiger partial charge in [-0.15, -0.1) is 0 Å². The van der Waals surface area contributed by atoms with Gasteiger partial charge in [-0.25, -0.2) is 4.68 Å². The number of hydrogen-bond acceptors (Lipinski definition) is 4. The Balaban J connectivity index is 2.58. The van der Waals surface area contributed by atoms with Crippen LogP contribution < -0.4 is 16.5 Å². The molecule has 3 rings (SSSR count). The van der Waals surface area contributed by atoms with Gasteiger partial charge in [-0.05, 0) is 18.2 Å². The van der Waals surface area contributed by atoms with Crippen LogP contribution in [0.15, 0.2) is 32.6 Å². The van der Waals surface area contributed by atoms with Gasteiger partial charge in [0.2, 0.25) is 5.43 Å². The maximum atomic E-state index is 12.4. The number of halogens is 1. The van der Waals surface area contributed by atoms with E-state index in [0.717, 1.165) is 4.68 Å². The molecule has 3 N–H and O–H groups in total. The Bertz CT molecular complexity index is 1030. The molecule has 2 heterocycles. The third-order valence-corrected chi connectivity index (χ3v) is 3.44. The highest BCUT2D eigenvalue weighted by Gasteiger charge is 2.14. The van der Waals surface area contributed by atoms with E-state index in [1.807, 2.05) is 0 Å². The summed E-state index contributed by atoms with van der Waals surface area (Å²) in [4.78, 5) is 39.4. The number of aromatic nitrogens is 3. The number of pyridine rings is 1. The largest absolute Gasteiger partial charge is 0.394 e. The van der Waals surface area contributed by atoms with Gasteiger partial charge in [-0.1, -0.05) is 11.6 Å². The molecule has 0 atom stereocenters. The lowest BCUT2D eigenvalue weighted by Gasteiger charge is -2.06. The second kappa shape index (κ2) is 4.87.